The smallest absolute Gasteiger partial charge is 0.224 e. The van der Waals surface area contributed by atoms with Crippen molar-refractivity contribution in [3.63, 3.8) is 0 Å². The van der Waals surface area contributed by atoms with E-state index < -0.39 is 0 Å². The third-order valence-corrected chi connectivity index (χ3v) is 6.29. The second-order valence-electron chi connectivity index (χ2n) is 8.35. The summed E-state index contributed by atoms with van der Waals surface area (Å²) in [6.07, 6.45) is 12.8. The van der Waals surface area contributed by atoms with E-state index in [1.54, 1.807) is 0 Å². The zero-order valence-electron chi connectivity index (χ0n) is 17.1. The summed E-state index contributed by atoms with van der Waals surface area (Å²) in [6.45, 7) is 5.95. The van der Waals surface area contributed by atoms with Gasteiger partial charge in [-0.3, -0.25) is 24.7 Å². The number of nitrogens with zero attached hydrogens (tertiary/aromatic N) is 4. The molecule has 2 fully saturated rings. The highest BCUT2D eigenvalue weighted by molar-refractivity contribution is 5.79. The fourth-order valence-corrected chi connectivity index (χ4v) is 4.63. The molecule has 0 radical (unpaired) electrons. The quantitative estimate of drug-likeness (QED) is 0.747. The number of hydrogen-bond donors (Lipinski definition) is 2. The number of likely N-dealkylation sites (tertiary alicyclic amines) is 2. The van der Waals surface area contributed by atoms with E-state index >= 15 is 0 Å². The Hall–Kier alpha value is -2.25. The first-order valence-corrected chi connectivity index (χ1v) is 10.9. The minimum absolute atomic E-state index is 0.126. The van der Waals surface area contributed by atoms with Gasteiger partial charge >= 0.3 is 0 Å². The molecule has 0 aromatic carbocycles. The lowest BCUT2D eigenvalue weighted by atomic mass is 9.93. The van der Waals surface area contributed by atoms with Gasteiger partial charge in [-0.1, -0.05) is 6.07 Å². The molecule has 2 aromatic heterocycles. The van der Waals surface area contributed by atoms with Crippen LogP contribution in [0.5, 0.6) is 0 Å². The van der Waals surface area contributed by atoms with Gasteiger partial charge in [0.15, 0.2) is 0 Å². The van der Waals surface area contributed by atoms with Gasteiger partial charge in [0.05, 0.1) is 12.1 Å². The number of nitrogens with one attached hydrogen (secondary N) is 2. The fraction of sp³-hybridized carbons (Fsp3) is 0.591. The molecule has 0 unspecified atom stereocenters. The van der Waals surface area contributed by atoms with Crippen LogP contribution in [0.1, 0.15) is 36.8 Å². The van der Waals surface area contributed by atoms with Crippen molar-refractivity contribution < 1.29 is 4.79 Å². The summed E-state index contributed by atoms with van der Waals surface area (Å²) in [5, 5.41) is 9.89. The predicted octanol–water partition coefficient (Wildman–Crippen LogP) is 1.84. The highest BCUT2D eigenvalue weighted by Crippen LogP contribution is 2.24. The topological polar surface area (TPSA) is 77.2 Å². The van der Waals surface area contributed by atoms with Crippen molar-refractivity contribution in [1.29, 1.82) is 0 Å². The van der Waals surface area contributed by atoms with E-state index in [1.165, 1.54) is 18.4 Å². The molecule has 2 N–H and O–H groups in total. The van der Waals surface area contributed by atoms with Gasteiger partial charge in [-0.25, -0.2) is 0 Å². The second-order valence-corrected chi connectivity index (χ2v) is 8.35. The fourth-order valence-electron chi connectivity index (χ4n) is 4.63. The average Bonchev–Trinajstić information content (AvgIpc) is 3.29. The summed E-state index contributed by atoms with van der Waals surface area (Å²) in [6, 6.07) is 4.78. The van der Waals surface area contributed by atoms with Crippen molar-refractivity contribution in [3.05, 3.63) is 48.0 Å². The second kappa shape index (κ2) is 9.98. The van der Waals surface area contributed by atoms with Gasteiger partial charge in [-0.15, -0.1) is 0 Å². The Morgan fingerprint density at radius 1 is 1.17 bits per heavy atom. The van der Waals surface area contributed by atoms with E-state index in [2.05, 4.69) is 36.4 Å². The molecule has 29 heavy (non-hydrogen) atoms. The first-order chi connectivity index (χ1) is 14.3. The average molecular weight is 397 g/mol. The minimum atomic E-state index is 0.126. The van der Waals surface area contributed by atoms with E-state index in [0.717, 1.165) is 57.5 Å². The monoisotopic (exact) mass is 396 g/mol. The van der Waals surface area contributed by atoms with Gasteiger partial charge in [0.1, 0.15) is 0 Å². The number of piperidine rings is 2. The molecule has 4 rings (SSSR count). The molecule has 0 bridgehead atoms. The number of H-pyrrole nitrogens is 1. The molecule has 0 aliphatic carbocycles. The highest BCUT2D eigenvalue weighted by Gasteiger charge is 2.31. The third-order valence-electron chi connectivity index (χ3n) is 6.29. The standard InChI is InChI=1S/C22H32N6O/c29-22(24-9-5-18-14-25-26-15-18)20-4-2-10-28(17-20)21-6-11-27(12-7-21)16-19-3-1-8-23-13-19/h1,3,8,13-15,20-21H,2,4-7,9-12,16-17H2,(H,24,29)(H,25,26)/t20-/m1/s1. The van der Waals surface area contributed by atoms with Crippen LogP contribution in [0.2, 0.25) is 0 Å². The predicted molar refractivity (Wildman–Crippen MR) is 112 cm³/mol. The van der Waals surface area contributed by atoms with Crippen molar-refractivity contribution in [2.24, 2.45) is 5.92 Å². The van der Waals surface area contributed by atoms with Crippen molar-refractivity contribution in [2.75, 3.05) is 32.7 Å². The van der Waals surface area contributed by atoms with E-state index in [-0.39, 0.29) is 11.8 Å². The van der Waals surface area contributed by atoms with Crippen LogP contribution in [-0.4, -0.2) is 69.7 Å². The molecule has 2 aliphatic heterocycles. The van der Waals surface area contributed by atoms with Crippen LogP contribution >= 0.6 is 0 Å². The number of aromatic amines is 1. The lowest BCUT2D eigenvalue weighted by Crippen LogP contribution is -2.50. The van der Waals surface area contributed by atoms with E-state index in [9.17, 15) is 4.79 Å². The Morgan fingerprint density at radius 2 is 2.07 bits per heavy atom. The Kier molecular flexibility index (Phi) is 6.90. The first kappa shape index (κ1) is 20.0. The summed E-state index contributed by atoms with van der Waals surface area (Å²) in [7, 11) is 0. The molecule has 4 heterocycles. The summed E-state index contributed by atoms with van der Waals surface area (Å²) in [4.78, 5) is 22.0. The zero-order valence-corrected chi connectivity index (χ0v) is 17.1. The van der Waals surface area contributed by atoms with Crippen LogP contribution in [0.4, 0.5) is 0 Å². The van der Waals surface area contributed by atoms with E-state index in [0.29, 0.717) is 12.6 Å². The van der Waals surface area contributed by atoms with Gasteiger partial charge in [0.2, 0.25) is 5.91 Å². The number of aromatic nitrogens is 3. The van der Waals surface area contributed by atoms with Crippen molar-refractivity contribution in [1.82, 2.24) is 30.3 Å². The maximum Gasteiger partial charge on any atom is 0.224 e. The summed E-state index contributed by atoms with van der Waals surface area (Å²) >= 11 is 0. The molecular weight excluding hydrogens is 364 g/mol. The third kappa shape index (κ3) is 5.64. The number of rotatable bonds is 7. The van der Waals surface area contributed by atoms with Gasteiger partial charge in [0, 0.05) is 44.3 Å². The van der Waals surface area contributed by atoms with E-state index in [4.69, 9.17) is 0 Å². The molecule has 1 atom stereocenters. The van der Waals surface area contributed by atoms with Crippen LogP contribution in [0, 0.1) is 5.92 Å². The molecule has 0 spiro atoms. The maximum atomic E-state index is 12.6. The van der Waals surface area contributed by atoms with Gasteiger partial charge in [-0.2, -0.15) is 5.10 Å². The Morgan fingerprint density at radius 3 is 2.83 bits per heavy atom. The molecule has 2 aromatic rings. The number of carbonyl (C=O) groups is 1. The largest absolute Gasteiger partial charge is 0.355 e. The zero-order chi connectivity index (χ0) is 19.9. The van der Waals surface area contributed by atoms with Crippen molar-refractivity contribution in [2.45, 2.75) is 44.7 Å². The van der Waals surface area contributed by atoms with Gasteiger partial charge in [-0.05, 0) is 68.9 Å². The van der Waals surface area contributed by atoms with Crippen LogP contribution in [-0.2, 0) is 17.8 Å². The Balaban J connectivity index is 1.20. The SMILES string of the molecule is O=C(NCCc1cn[nH]c1)[C@@H]1CCCN(C2CCN(Cc3cccnc3)CC2)C1. The summed E-state index contributed by atoms with van der Waals surface area (Å²) in [5.41, 5.74) is 2.42. The Labute approximate surface area is 172 Å². The summed E-state index contributed by atoms with van der Waals surface area (Å²) < 4.78 is 0. The van der Waals surface area contributed by atoms with Crippen molar-refractivity contribution in [3.8, 4) is 0 Å². The first-order valence-electron chi connectivity index (χ1n) is 10.9. The maximum absolute atomic E-state index is 12.6. The van der Waals surface area contributed by atoms with Crippen LogP contribution in [0.15, 0.2) is 36.9 Å². The molecular formula is C22H32N6O. The number of amides is 1. The van der Waals surface area contributed by atoms with Crippen LogP contribution in [0.25, 0.3) is 0 Å². The number of hydrogen-bond acceptors (Lipinski definition) is 5. The molecule has 7 heteroatoms. The Bertz CT molecular complexity index is 742. The molecule has 2 saturated heterocycles. The normalized spacial score (nSPS) is 21.9. The van der Waals surface area contributed by atoms with Crippen LogP contribution < -0.4 is 5.32 Å². The van der Waals surface area contributed by atoms with Crippen LogP contribution in [0.3, 0.4) is 0 Å². The molecule has 2 aliphatic rings. The molecule has 0 saturated carbocycles. The minimum Gasteiger partial charge on any atom is -0.355 e. The highest BCUT2D eigenvalue weighted by atomic mass is 16.1. The number of carbonyl (C=O) groups excluding carboxylic acids is 1. The molecule has 156 valence electrons. The lowest BCUT2D eigenvalue weighted by Gasteiger charge is -2.42. The molecule has 1 amide bonds. The van der Waals surface area contributed by atoms with Crippen molar-refractivity contribution >= 4 is 5.91 Å². The number of pyridine rings is 1. The lowest BCUT2D eigenvalue weighted by molar-refractivity contribution is -0.127. The summed E-state index contributed by atoms with van der Waals surface area (Å²) in [5.74, 6) is 0.341. The van der Waals surface area contributed by atoms with Gasteiger partial charge in [0.25, 0.3) is 0 Å². The van der Waals surface area contributed by atoms with Gasteiger partial charge < -0.3 is 5.32 Å². The van der Waals surface area contributed by atoms with E-state index in [1.807, 2.05) is 30.9 Å². The molecule has 7 nitrogen and oxygen atoms in total.